The van der Waals surface area contributed by atoms with Crippen LogP contribution in [0.4, 0.5) is 0 Å². The Kier molecular flexibility index (Phi) is 10.2. The number of aryl methyl sites for hydroxylation is 1. The van der Waals surface area contributed by atoms with Crippen LogP contribution in [0.2, 0.25) is 0 Å². The van der Waals surface area contributed by atoms with Crippen LogP contribution >= 0.6 is 0 Å². The van der Waals surface area contributed by atoms with Crippen molar-refractivity contribution in [3.63, 3.8) is 0 Å². The molecule has 0 aliphatic carbocycles. The van der Waals surface area contributed by atoms with Gasteiger partial charge in [0.1, 0.15) is 0 Å². The zero-order chi connectivity index (χ0) is 27.7. The van der Waals surface area contributed by atoms with E-state index in [1.54, 1.807) is 0 Å². The first-order chi connectivity index (χ1) is 18.9. The van der Waals surface area contributed by atoms with Gasteiger partial charge in [0.25, 0.3) is 0 Å². The molecule has 3 heteroatoms. The molecule has 0 bridgehead atoms. The van der Waals surface area contributed by atoms with Crippen LogP contribution in [-0.4, -0.2) is 41.9 Å². The average molecular weight is 523 g/mol. The second-order valence-electron chi connectivity index (χ2n) is 11.6. The molecule has 1 fully saturated rings. The summed E-state index contributed by atoms with van der Waals surface area (Å²) < 4.78 is 0. The lowest BCUT2D eigenvalue weighted by Crippen LogP contribution is -2.44. The molecule has 0 spiro atoms. The molecule has 3 aromatic rings. The molecule has 1 heterocycles. The maximum atomic E-state index is 14.4. The summed E-state index contributed by atoms with van der Waals surface area (Å²) in [6, 6.07) is 29.8. The molecular weight excluding hydrogens is 476 g/mol. The summed E-state index contributed by atoms with van der Waals surface area (Å²) in [5.74, 6) is 0.830. The predicted octanol–water partition coefficient (Wildman–Crippen LogP) is 8.21. The standard InChI is InChI=1S/C36H46N2O/c1-5-6-18-34(32-21-19-29(2)20-22-32)38(35(39)36(3,4)33-16-11-8-12-17-33)26-13-25-37-27-23-31(24-28-37)30-14-9-7-10-15-30/h7-12,14-22,31H,5-6,13,23-28H2,1-4H3/b34-18+. The minimum absolute atomic E-state index is 0.166. The topological polar surface area (TPSA) is 23.6 Å². The largest absolute Gasteiger partial charge is 0.311 e. The van der Waals surface area contributed by atoms with Gasteiger partial charge in [-0.3, -0.25) is 4.79 Å². The molecule has 0 aromatic heterocycles. The summed E-state index contributed by atoms with van der Waals surface area (Å²) in [6.07, 6.45) is 7.65. The number of piperidine rings is 1. The van der Waals surface area contributed by atoms with Crippen molar-refractivity contribution in [2.24, 2.45) is 0 Å². The summed E-state index contributed by atoms with van der Waals surface area (Å²) in [6.45, 7) is 12.4. The Morgan fingerprint density at radius 1 is 0.923 bits per heavy atom. The average Bonchev–Trinajstić information content (AvgIpc) is 2.98. The summed E-state index contributed by atoms with van der Waals surface area (Å²) in [7, 11) is 0. The van der Waals surface area contributed by atoms with Gasteiger partial charge in [0, 0.05) is 12.2 Å². The number of amides is 1. The predicted molar refractivity (Wildman–Crippen MR) is 165 cm³/mol. The highest BCUT2D eigenvalue weighted by Gasteiger charge is 2.35. The summed E-state index contributed by atoms with van der Waals surface area (Å²) >= 11 is 0. The Morgan fingerprint density at radius 3 is 2.15 bits per heavy atom. The Balaban J connectivity index is 1.51. The SMILES string of the molecule is CCC/C=C(\c1ccc(C)cc1)N(CCCN1CCC(c2ccccc2)CC1)C(=O)C(C)(C)c1ccccc1. The monoisotopic (exact) mass is 522 g/mol. The van der Waals surface area contributed by atoms with E-state index in [9.17, 15) is 4.79 Å². The molecule has 3 aromatic carbocycles. The molecule has 0 radical (unpaired) electrons. The zero-order valence-electron chi connectivity index (χ0n) is 24.4. The van der Waals surface area contributed by atoms with Crippen molar-refractivity contribution in [2.75, 3.05) is 26.2 Å². The number of rotatable bonds is 11. The van der Waals surface area contributed by atoms with E-state index in [1.807, 2.05) is 18.2 Å². The Morgan fingerprint density at radius 2 is 1.54 bits per heavy atom. The van der Waals surface area contributed by atoms with Gasteiger partial charge < -0.3 is 9.80 Å². The number of likely N-dealkylation sites (tertiary alicyclic amines) is 1. The van der Waals surface area contributed by atoms with Gasteiger partial charge in [0.2, 0.25) is 5.91 Å². The molecule has 0 saturated carbocycles. The van der Waals surface area contributed by atoms with E-state index in [2.05, 4.69) is 110 Å². The van der Waals surface area contributed by atoms with Crippen LogP contribution in [0.25, 0.3) is 5.70 Å². The summed E-state index contributed by atoms with van der Waals surface area (Å²) in [5.41, 5.74) is 5.31. The lowest BCUT2D eigenvalue weighted by molar-refractivity contribution is -0.133. The van der Waals surface area contributed by atoms with Crippen LogP contribution in [0.1, 0.15) is 81.0 Å². The molecule has 0 atom stereocenters. The van der Waals surface area contributed by atoms with Crippen molar-refractivity contribution in [1.29, 1.82) is 0 Å². The fourth-order valence-electron chi connectivity index (χ4n) is 5.70. The smallest absolute Gasteiger partial charge is 0.237 e. The van der Waals surface area contributed by atoms with Crippen molar-refractivity contribution < 1.29 is 4.79 Å². The third kappa shape index (κ3) is 7.48. The molecule has 0 N–H and O–H groups in total. The number of nitrogens with zero attached hydrogens (tertiary/aromatic N) is 2. The van der Waals surface area contributed by atoms with Crippen LogP contribution in [0.15, 0.2) is 91.0 Å². The maximum Gasteiger partial charge on any atom is 0.237 e. The van der Waals surface area contributed by atoms with E-state index in [4.69, 9.17) is 0 Å². The fraction of sp³-hybridized carbons (Fsp3) is 0.417. The van der Waals surface area contributed by atoms with Gasteiger partial charge in [-0.1, -0.05) is 110 Å². The first-order valence-electron chi connectivity index (χ1n) is 14.8. The first-order valence-corrected chi connectivity index (χ1v) is 14.8. The van der Waals surface area contributed by atoms with E-state index >= 15 is 0 Å². The van der Waals surface area contributed by atoms with E-state index < -0.39 is 5.41 Å². The van der Waals surface area contributed by atoms with E-state index in [1.165, 1.54) is 24.0 Å². The number of hydrogen-bond donors (Lipinski definition) is 0. The number of hydrogen-bond acceptors (Lipinski definition) is 2. The lowest BCUT2D eigenvalue weighted by atomic mass is 9.82. The third-order valence-corrected chi connectivity index (χ3v) is 8.25. The van der Waals surface area contributed by atoms with Gasteiger partial charge in [0.05, 0.1) is 5.41 Å². The lowest BCUT2D eigenvalue weighted by Gasteiger charge is -2.36. The molecule has 4 rings (SSSR count). The quantitative estimate of drug-likeness (QED) is 0.253. The van der Waals surface area contributed by atoms with Gasteiger partial charge in [-0.15, -0.1) is 0 Å². The van der Waals surface area contributed by atoms with Crippen LogP contribution < -0.4 is 0 Å². The van der Waals surface area contributed by atoms with Crippen LogP contribution in [0.3, 0.4) is 0 Å². The number of benzene rings is 3. The number of unbranched alkanes of at least 4 members (excludes halogenated alkanes) is 1. The summed E-state index contributed by atoms with van der Waals surface area (Å²) in [5, 5.41) is 0. The van der Waals surface area contributed by atoms with Gasteiger partial charge in [-0.05, 0) is 88.7 Å². The Bertz CT molecular complexity index is 1190. The molecular formula is C36H46N2O. The van der Waals surface area contributed by atoms with Crippen molar-refractivity contribution in [3.8, 4) is 0 Å². The maximum absolute atomic E-state index is 14.4. The molecule has 39 heavy (non-hydrogen) atoms. The molecule has 1 amide bonds. The van der Waals surface area contributed by atoms with E-state index in [-0.39, 0.29) is 5.91 Å². The minimum Gasteiger partial charge on any atom is -0.311 e. The van der Waals surface area contributed by atoms with Gasteiger partial charge in [-0.2, -0.15) is 0 Å². The third-order valence-electron chi connectivity index (χ3n) is 8.25. The van der Waals surface area contributed by atoms with Crippen molar-refractivity contribution in [2.45, 2.75) is 71.1 Å². The Hall–Kier alpha value is -3.17. The second-order valence-corrected chi connectivity index (χ2v) is 11.6. The van der Waals surface area contributed by atoms with Gasteiger partial charge in [-0.25, -0.2) is 0 Å². The highest BCUT2D eigenvalue weighted by Crippen LogP contribution is 2.32. The molecule has 206 valence electrons. The Labute approximate surface area is 236 Å². The van der Waals surface area contributed by atoms with Gasteiger partial charge in [0.15, 0.2) is 0 Å². The van der Waals surface area contributed by atoms with Crippen molar-refractivity contribution in [1.82, 2.24) is 9.80 Å². The number of carbonyl (C=O) groups is 1. The molecule has 1 saturated heterocycles. The highest BCUT2D eigenvalue weighted by molar-refractivity contribution is 5.94. The van der Waals surface area contributed by atoms with E-state index in [0.29, 0.717) is 5.92 Å². The molecule has 0 unspecified atom stereocenters. The van der Waals surface area contributed by atoms with Crippen LogP contribution in [-0.2, 0) is 10.2 Å². The highest BCUT2D eigenvalue weighted by atomic mass is 16.2. The van der Waals surface area contributed by atoms with Gasteiger partial charge >= 0.3 is 0 Å². The van der Waals surface area contributed by atoms with Crippen molar-refractivity contribution in [3.05, 3.63) is 113 Å². The number of allylic oxidation sites excluding steroid dienone is 1. The van der Waals surface area contributed by atoms with Crippen molar-refractivity contribution >= 4 is 11.6 Å². The molecule has 3 nitrogen and oxygen atoms in total. The minimum atomic E-state index is -0.620. The normalized spacial score (nSPS) is 15.3. The van der Waals surface area contributed by atoms with Crippen LogP contribution in [0.5, 0.6) is 0 Å². The molecule has 1 aliphatic heterocycles. The van der Waals surface area contributed by atoms with Crippen LogP contribution in [0, 0.1) is 6.92 Å². The second kappa shape index (κ2) is 13.8. The fourth-order valence-corrected chi connectivity index (χ4v) is 5.70. The first kappa shape index (κ1) is 28.8. The molecule has 1 aliphatic rings. The summed E-state index contributed by atoms with van der Waals surface area (Å²) in [4.78, 5) is 19.0. The van der Waals surface area contributed by atoms with E-state index in [0.717, 1.165) is 62.3 Å². The zero-order valence-corrected chi connectivity index (χ0v) is 24.4. The number of carbonyl (C=O) groups excluding carboxylic acids is 1.